The fraction of sp³-hybridized carbons (Fsp3) is 0.263. The third kappa shape index (κ3) is 6.32. The zero-order valence-corrected chi connectivity index (χ0v) is 14.8. The van der Waals surface area contributed by atoms with Crippen molar-refractivity contribution in [2.45, 2.75) is 19.7 Å². The van der Waals surface area contributed by atoms with E-state index < -0.39 is 12.3 Å². The van der Waals surface area contributed by atoms with E-state index >= 15 is 0 Å². The van der Waals surface area contributed by atoms with Crippen molar-refractivity contribution in [3.05, 3.63) is 59.7 Å². The van der Waals surface area contributed by atoms with Crippen molar-refractivity contribution in [3.63, 3.8) is 0 Å². The summed E-state index contributed by atoms with van der Waals surface area (Å²) in [7, 11) is 1.50. The van der Waals surface area contributed by atoms with Gasteiger partial charge in [-0.15, -0.1) is 13.2 Å². The van der Waals surface area contributed by atoms with Gasteiger partial charge in [0, 0.05) is 18.3 Å². The molecule has 2 amide bonds. The summed E-state index contributed by atoms with van der Waals surface area (Å²) in [6.45, 7) is 1.81. The van der Waals surface area contributed by atoms with E-state index in [2.05, 4.69) is 10.1 Å². The molecule has 0 atom stereocenters. The maximum absolute atomic E-state index is 12.3. The van der Waals surface area contributed by atoms with Gasteiger partial charge in [-0.2, -0.15) is 0 Å². The highest BCUT2D eigenvalue weighted by atomic mass is 19.4. The second-order valence-electron chi connectivity index (χ2n) is 5.83. The predicted octanol–water partition coefficient (Wildman–Crippen LogP) is 3.86. The summed E-state index contributed by atoms with van der Waals surface area (Å²) in [6, 6.07) is 11.9. The van der Waals surface area contributed by atoms with E-state index in [-0.39, 0.29) is 18.2 Å². The number of aryl methyl sites for hydroxylation is 1. The van der Waals surface area contributed by atoms with E-state index in [4.69, 9.17) is 0 Å². The van der Waals surface area contributed by atoms with Crippen molar-refractivity contribution >= 4 is 17.5 Å². The predicted molar refractivity (Wildman–Crippen MR) is 94.5 cm³/mol. The van der Waals surface area contributed by atoms with E-state index in [9.17, 15) is 22.8 Å². The Bertz CT molecular complexity index is 787. The van der Waals surface area contributed by atoms with Crippen molar-refractivity contribution in [2.24, 2.45) is 0 Å². The van der Waals surface area contributed by atoms with Crippen LogP contribution < -0.4 is 10.1 Å². The Balaban J connectivity index is 1.91. The van der Waals surface area contributed by atoms with Crippen LogP contribution in [0, 0.1) is 0 Å². The number of likely N-dealkylation sites (N-methyl/N-ethyl adjacent to an activating group) is 1. The Morgan fingerprint density at radius 1 is 1.04 bits per heavy atom. The first-order chi connectivity index (χ1) is 12.7. The number of hydrogen-bond acceptors (Lipinski definition) is 3. The standard InChI is InChI=1S/C19H19F3N2O3/c1-3-13-4-6-14(7-5-13)18(26)24(2)12-17(25)23-15-8-10-16(11-9-15)27-19(20,21)22/h4-11H,3,12H2,1-2H3,(H,23,25). The Hall–Kier alpha value is -3.03. The van der Waals surface area contributed by atoms with Crippen LogP contribution in [0.25, 0.3) is 0 Å². The molecule has 0 heterocycles. The van der Waals surface area contributed by atoms with Crippen LogP contribution in [0.1, 0.15) is 22.8 Å². The monoisotopic (exact) mass is 380 g/mol. The molecule has 5 nitrogen and oxygen atoms in total. The first kappa shape index (κ1) is 20.3. The number of rotatable bonds is 6. The molecule has 27 heavy (non-hydrogen) atoms. The van der Waals surface area contributed by atoms with Gasteiger partial charge in [0.05, 0.1) is 6.54 Å². The molecule has 0 aliphatic heterocycles. The number of carbonyl (C=O) groups is 2. The minimum atomic E-state index is -4.77. The van der Waals surface area contributed by atoms with Gasteiger partial charge in [-0.05, 0) is 48.4 Å². The Morgan fingerprint density at radius 3 is 2.15 bits per heavy atom. The number of nitrogens with one attached hydrogen (secondary N) is 1. The number of nitrogens with zero attached hydrogens (tertiary/aromatic N) is 1. The zero-order chi connectivity index (χ0) is 20.0. The van der Waals surface area contributed by atoms with Gasteiger partial charge in [0.25, 0.3) is 5.91 Å². The molecule has 0 aromatic heterocycles. The molecule has 0 aliphatic carbocycles. The topological polar surface area (TPSA) is 58.6 Å². The average molecular weight is 380 g/mol. The molecule has 0 bridgehead atoms. The number of halogens is 3. The van der Waals surface area contributed by atoms with Crippen LogP contribution in [0.5, 0.6) is 5.75 Å². The number of amides is 2. The molecular formula is C19H19F3N2O3. The molecular weight excluding hydrogens is 361 g/mol. The lowest BCUT2D eigenvalue weighted by atomic mass is 10.1. The Morgan fingerprint density at radius 2 is 1.63 bits per heavy atom. The highest BCUT2D eigenvalue weighted by molar-refractivity contribution is 5.99. The molecule has 0 unspecified atom stereocenters. The summed E-state index contributed by atoms with van der Waals surface area (Å²) in [6.07, 6.45) is -3.91. The van der Waals surface area contributed by atoms with Crippen molar-refractivity contribution in [1.82, 2.24) is 4.90 Å². The molecule has 0 fully saturated rings. The molecule has 8 heteroatoms. The van der Waals surface area contributed by atoms with Crippen molar-refractivity contribution in [1.29, 1.82) is 0 Å². The van der Waals surface area contributed by atoms with Crippen LogP contribution >= 0.6 is 0 Å². The summed E-state index contributed by atoms with van der Waals surface area (Å²) < 4.78 is 40.1. The van der Waals surface area contributed by atoms with Crippen LogP contribution in [0.2, 0.25) is 0 Å². The molecule has 1 N–H and O–H groups in total. The number of alkyl halides is 3. The number of ether oxygens (including phenoxy) is 1. The maximum Gasteiger partial charge on any atom is 0.573 e. The molecule has 2 aromatic rings. The average Bonchev–Trinajstić information content (AvgIpc) is 2.61. The van der Waals surface area contributed by atoms with E-state index in [1.54, 1.807) is 12.1 Å². The van der Waals surface area contributed by atoms with Gasteiger partial charge >= 0.3 is 6.36 Å². The molecule has 2 aromatic carbocycles. The number of benzene rings is 2. The summed E-state index contributed by atoms with van der Waals surface area (Å²) in [5.74, 6) is -1.16. The second-order valence-corrected chi connectivity index (χ2v) is 5.83. The third-order valence-corrected chi connectivity index (χ3v) is 3.71. The van der Waals surface area contributed by atoms with Crippen LogP contribution in [0.15, 0.2) is 48.5 Å². The summed E-state index contributed by atoms with van der Waals surface area (Å²) >= 11 is 0. The third-order valence-electron chi connectivity index (χ3n) is 3.71. The molecule has 2 rings (SSSR count). The number of hydrogen-bond donors (Lipinski definition) is 1. The normalized spacial score (nSPS) is 11.0. The highest BCUT2D eigenvalue weighted by Crippen LogP contribution is 2.23. The minimum Gasteiger partial charge on any atom is -0.406 e. The second kappa shape index (κ2) is 8.57. The van der Waals surface area contributed by atoms with E-state index in [0.717, 1.165) is 24.1 Å². The van der Waals surface area contributed by atoms with Gasteiger partial charge in [0.1, 0.15) is 5.75 Å². The highest BCUT2D eigenvalue weighted by Gasteiger charge is 2.31. The fourth-order valence-corrected chi connectivity index (χ4v) is 2.33. The SMILES string of the molecule is CCc1ccc(C(=O)N(C)CC(=O)Nc2ccc(OC(F)(F)F)cc2)cc1. The van der Waals surface area contributed by atoms with Crippen LogP contribution in [-0.2, 0) is 11.2 Å². The van der Waals surface area contributed by atoms with Crippen molar-refractivity contribution in [3.8, 4) is 5.75 Å². The van der Waals surface area contributed by atoms with E-state index in [1.807, 2.05) is 19.1 Å². The molecule has 0 saturated heterocycles. The van der Waals surface area contributed by atoms with Gasteiger partial charge < -0.3 is 15.0 Å². The van der Waals surface area contributed by atoms with Crippen LogP contribution in [0.3, 0.4) is 0 Å². The molecule has 0 spiro atoms. The fourth-order valence-electron chi connectivity index (χ4n) is 2.33. The Kier molecular flexibility index (Phi) is 6.44. The van der Waals surface area contributed by atoms with Crippen LogP contribution in [0.4, 0.5) is 18.9 Å². The minimum absolute atomic E-state index is 0.199. The van der Waals surface area contributed by atoms with E-state index in [0.29, 0.717) is 11.3 Å². The Labute approximate surface area is 154 Å². The molecule has 0 aliphatic rings. The van der Waals surface area contributed by atoms with Gasteiger partial charge in [-0.25, -0.2) is 0 Å². The van der Waals surface area contributed by atoms with Gasteiger partial charge in [-0.1, -0.05) is 19.1 Å². The lowest BCUT2D eigenvalue weighted by Gasteiger charge is -2.17. The van der Waals surface area contributed by atoms with Gasteiger partial charge in [0.15, 0.2) is 0 Å². The summed E-state index contributed by atoms with van der Waals surface area (Å²) in [4.78, 5) is 25.7. The summed E-state index contributed by atoms with van der Waals surface area (Å²) in [5.41, 5.74) is 1.86. The number of anilines is 1. The van der Waals surface area contributed by atoms with Gasteiger partial charge in [0.2, 0.25) is 5.91 Å². The molecule has 0 radical (unpaired) electrons. The lowest BCUT2D eigenvalue weighted by molar-refractivity contribution is -0.274. The first-order valence-electron chi connectivity index (χ1n) is 8.18. The smallest absolute Gasteiger partial charge is 0.406 e. The first-order valence-corrected chi connectivity index (χ1v) is 8.18. The van der Waals surface area contributed by atoms with Crippen molar-refractivity contribution in [2.75, 3.05) is 18.9 Å². The maximum atomic E-state index is 12.3. The largest absolute Gasteiger partial charge is 0.573 e. The number of carbonyl (C=O) groups excluding carboxylic acids is 2. The molecule has 0 saturated carbocycles. The quantitative estimate of drug-likeness (QED) is 0.828. The summed E-state index contributed by atoms with van der Waals surface area (Å²) in [5, 5.41) is 2.52. The van der Waals surface area contributed by atoms with Crippen molar-refractivity contribution < 1.29 is 27.5 Å². The zero-order valence-electron chi connectivity index (χ0n) is 14.8. The van der Waals surface area contributed by atoms with Crippen LogP contribution in [-0.4, -0.2) is 36.7 Å². The molecule has 144 valence electrons. The lowest BCUT2D eigenvalue weighted by Crippen LogP contribution is -2.34. The van der Waals surface area contributed by atoms with Gasteiger partial charge in [-0.3, -0.25) is 9.59 Å². The van der Waals surface area contributed by atoms with E-state index in [1.165, 1.54) is 24.1 Å².